The van der Waals surface area contributed by atoms with Gasteiger partial charge in [-0.2, -0.15) is 5.10 Å². The normalized spacial score (nSPS) is 19.4. The number of piperidine rings is 1. The molecule has 0 aliphatic carbocycles. The zero-order valence-electron chi connectivity index (χ0n) is 12.8. The van der Waals surface area contributed by atoms with Crippen molar-refractivity contribution < 1.29 is 5.11 Å². The van der Waals surface area contributed by atoms with Crippen LogP contribution in [0.1, 0.15) is 45.0 Å². The molecule has 1 fully saturated rings. The topological polar surface area (TPSA) is 41.3 Å². The van der Waals surface area contributed by atoms with Gasteiger partial charge in [0, 0.05) is 26.1 Å². The highest BCUT2D eigenvalue weighted by Crippen LogP contribution is 2.31. The van der Waals surface area contributed by atoms with Gasteiger partial charge in [0.05, 0.1) is 21.5 Å². The minimum atomic E-state index is -0.577. The number of hydrogen-bond acceptors (Lipinski definition) is 3. The first-order valence-corrected chi connectivity index (χ1v) is 8.51. The first kappa shape index (κ1) is 16.0. The van der Waals surface area contributed by atoms with Gasteiger partial charge >= 0.3 is 0 Å². The fourth-order valence-corrected chi connectivity index (χ4v) is 3.66. The van der Waals surface area contributed by atoms with Gasteiger partial charge in [0.2, 0.25) is 0 Å². The van der Waals surface area contributed by atoms with Crippen molar-refractivity contribution >= 4 is 15.9 Å². The molecule has 114 valence electrons. The zero-order valence-corrected chi connectivity index (χ0v) is 14.4. The van der Waals surface area contributed by atoms with Crippen LogP contribution >= 0.6 is 15.9 Å². The van der Waals surface area contributed by atoms with Crippen molar-refractivity contribution in [3.8, 4) is 0 Å². The van der Waals surface area contributed by atoms with Crippen molar-refractivity contribution in [3.63, 3.8) is 0 Å². The molecule has 0 spiro atoms. The summed E-state index contributed by atoms with van der Waals surface area (Å²) in [6, 6.07) is 0. The molecule has 1 aromatic heterocycles. The zero-order chi connectivity index (χ0) is 14.8. The highest BCUT2D eigenvalue weighted by atomic mass is 79.9. The number of halogens is 1. The molecule has 5 heteroatoms. The molecule has 1 aromatic rings. The maximum absolute atomic E-state index is 10.9. The molecule has 0 bridgehead atoms. The van der Waals surface area contributed by atoms with Gasteiger partial charge in [-0.15, -0.1) is 0 Å². The van der Waals surface area contributed by atoms with E-state index in [-0.39, 0.29) is 0 Å². The van der Waals surface area contributed by atoms with E-state index < -0.39 is 5.60 Å². The Bertz CT molecular complexity index is 450. The maximum atomic E-state index is 10.9. The molecule has 0 saturated carbocycles. The van der Waals surface area contributed by atoms with Gasteiger partial charge in [-0.05, 0) is 48.7 Å². The lowest BCUT2D eigenvalue weighted by Crippen LogP contribution is -2.45. The average molecular weight is 344 g/mol. The number of aliphatic hydroxyl groups is 1. The number of rotatable bonds is 5. The predicted molar refractivity (Wildman–Crippen MR) is 85.0 cm³/mol. The lowest BCUT2D eigenvalue weighted by Gasteiger charge is -2.38. The summed E-state index contributed by atoms with van der Waals surface area (Å²) in [6.45, 7) is 10.3. The monoisotopic (exact) mass is 343 g/mol. The van der Waals surface area contributed by atoms with E-state index in [4.69, 9.17) is 0 Å². The molecule has 0 unspecified atom stereocenters. The number of aromatic nitrogens is 2. The van der Waals surface area contributed by atoms with Crippen LogP contribution in [0.25, 0.3) is 0 Å². The number of aryl methyl sites for hydroxylation is 2. The van der Waals surface area contributed by atoms with Gasteiger partial charge in [-0.1, -0.05) is 13.8 Å². The van der Waals surface area contributed by atoms with Crippen molar-refractivity contribution in [2.24, 2.45) is 0 Å². The molecular formula is C15H26BrN3O. The van der Waals surface area contributed by atoms with E-state index in [0.717, 1.165) is 61.3 Å². The van der Waals surface area contributed by atoms with Crippen LogP contribution in [0.2, 0.25) is 0 Å². The highest BCUT2D eigenvalue weighted by Gasteiger charge is 2.34. The Labute approximate surface area is 130 Å². The van der Waals surface area contributed by atoms with Crippen molar-refractivity contribution in [1.29, 1.82) is 0 Å². The lowest BCUT2D eigenvalue weighted by atomic mass is 9.87. The Morgan fingerprint density at radius 3 is 2.35 bits per heavy atom. The lowest BCUT2D eigenvalue weighted by molar-refractivity contribution is -0.0209. The smallest absolute Gasteiger partial charge is 0.0766 e. The summed E-state index contributed by atoms with van der Waals surface area (Å²) in [7, 11) is 0. The van der Waals surface area contributed by atoms with E-state index in [1.807, 2.05) is 4.68 Å². The van der Waals surface area contributed by atoms with Crippen LogP contribution in [0.3, 0.4) is 0 Å². The Morgan fingerprint density at radius 2 is 1.85 bits per heavy atom. The molecule has 1 saturated heterocycles. The SMILES string of the molecule is CCc1nn(CC)c(CC2(O)CCN(CC)CC2)c1Br. The third kappa shape index (κ3) is 3.26. The highest BCUT2D eigenvalue weighted by molar-refractivity contribution is 9.10. The number of likely N-dealkylation sites (tertiary alicyclic amines) is 1. The second-order valence-corrected chi connectivity index (χ2v) is 6.51. The minimum absolute atomic E-state index is 0.577. The average Bonchev–Trinajstić information content (AvgIpc) is 2.76. The van der Waals surface area contributed by atoms with Crippen molar-refractivity contribution in [2.45, 2.75) is 58.6 Å². The minimum Gasteiger partial charge on any atom is -0.389 e. The molecule has 2 heterocycles. The summed E-state index contributed by atoms with van der Waals surface area (Å²) >= 11 is 3.67. The van der Waals surface area contributed by atoms with E-state index in [9.17, 15) is 5.11 Å². The van der Waals surface area contributed by atoms with Crippen LogP contribution in [0.5, 0.6) is 0 Å². The largest absolute Gasteiger partial charge is 0.389 e. The molecule has 20 heavy (non-hydrogen) atoms. The predicted octanol–water partition coefficient (Wildman–Crippen LogP) is 2.62. The van der Waals surface area contributed by atoms with Crippen LogP contribution in [0, 0.1) is 0 Å². The van der Waals surface area contributed by atoms with Gasteiger partial charge in [-0.25, -0.2) is 0 Å². The Hall–Kier alpha value is -0.390. The summed E-state index contributed by atoms with van der Waals surface area (Å²) in [5.74, 6) is 0. The molecule has 1 aliphatic heterocycles. The van der Waals surface area contributed by atoms with Gasteiger partial charge in [-0.3, -0.25) is 4.68 Å². The Morgan fingerprint density at radius 1 is 1.20 bits per heavy atom. The molecule has 1 N–H and O–H groups in total. The fourth-order valence-electron chi connectivity index (χ4n) is 2.96. The number of nitrogens with zero attached hydrogens (tertiary/aromatic N) is 3. The van der Waals surface area contributed by atoms with Crippen LogP contribution in [0.15, 0.2) is 4.47 Å². The van der Waals surface area contributed by atoms with E-state index in [0.29, 0.717) is 6.42 Å². The summed E-state index contributed by atoms with van der Waals surface area (Å²) in [4.78, 5) is 2.40. The Balaban J connectivity index is 2.15. The van der Waals surface area contributed by atoms with Gasteiger partial charge in [0.15, 0.2) is 0 Å². The van der Waals surface area contributed by atoms with E-state index in [1.54, 1.807) is 0 Å². The first-order chi connectivity index (χ1) is 9.53. The van der Waals surface area contributed by atoms with Crippen LogP contribution < -0.4 is 0 Å². The molecule has 0 atom stereocenters. The van der Waals surface area contributed by atoms with Gasteiger partial charge < -0.3 is 10.0 Å². The summed E-state index contributed by atoms with van der Waals surface area (Å²) in [5, 5.41) is 15.5. The molecule has 0 aromatic carbocycles. The summed E-state index contributed by atoms with van der Waals surface area (Å²) < 4.78 is 3.13. The molecule has 0 radical (unpaired) electrons. The number of hydrogen-bond donors (Lipinski definition) is 1. The molecule has 4 nitrogen and oxygen atoms in total. The van der Waals surface area contributed by atoms with E-state index in [1.165, 1.54) is 0 Å². The van der Waals surface area contributed by atoms with E-state index >= 15 is 0 Å². The van der Waals surface area contributed by atoms with Crippen molar-refractivity contribution in [2.75, 3.05) is 19.6 Å². The summed E-state index contributed by atoms with van der Waals surface area (Å²) in [5.41, 5.74) is 1.67. The van der Waals surface area contributed by atoms with Gasteiger partial charge in [0.1, 0.15) is 0 Å². The van der Waals surface area contributed by atoms with Crippen LogP contribution in [-0.4, -0.2) is 45.0 Å². The second kappa shape index (κ2) is 6.58. The fraction of sp³-hybridized carbons (Fsp3) is 0.800. The van der Waals surface area contributed by atoms with Crippen molar-refractivity contribution in [3.05, 3.63) is 15.9 Å². The third-order valence-corrected chi connectivity index (χ3v) is 5.34. The summed E-state index contributed by atoms with van der Waals surface area (Å²) in [6.07, 6.45) is 3.32. The van der Waals surface area contributed by atoms with Crippen LogP contribution in [0.4, 0.5) is 0 Å². The molecule has 1 aliphatic rings. The quantitative estimate of drug-likeness (QED) is 0.893. The molecule has 2 rings (SSSR count). The third-order valence-electron chi connectivity index (χ3n) is 4.42. The van der Waals surface area contributed by atoms with Crippen LogP contribution in [-0.2, 0) is 19.4 Å². The Kier molecular flexibility index (Phi) is 5.26. The first-order valence-electron chi connectivity index (χ1n) is 7.71. The standard InChI is InChI=1S/C15H26BrN3O/c1-4-12-14(16)13(19(6-3)17-12)11-15(20)7-9-18(5-2)10-8-15/h20H,4-11H2,1-3H3. The molecular weight excluding hydrogens is 318 g/mol. The maximum Gasteiger partial charge on any atom is 0.0766 e. The van der Waals surface area contributed by atoms with E-state index in [2.05, 4.69) is 46.7 Å². The van der Waals surface area contributed by atoms with Gasteiger partial charge in [0.25, 0.3) is 0 Å². The van der Waals surface area contributed by atoms with Crippen molar-refractivity contribution in [1.82, 2.24) is 14.7 Å². The second-order valence-electron chi connectivity index (χ2n) is 5.71. The molecule has 0 amide bonds.